The maximum absolute atomic E-state index is 9.35. The number of nitriles is 2. The van der Waals surface area contributed by atoms with Crippen LogP contribution in [-0.4, -0.2) is 6.61 Å². The molecule has 110 valence electrons. The Hall–Kier alpha value is -2.78. The second-order valence-corrected chi connectivity index (χ2v) is 5.33. The van der Waals surface area contributed by atoms with Crippen molar-refractivity contribution >= 4 is 0 Å². The van der Waals surface area contributed by atoms with Crippen molar-refractivity contribution in [3.63, 3.8) is 0 Å². The van der Waals surface area contributed by atoms with E-state index in [1.165, 1.54) is 0 Å². The van der Waals surface area contributed by atoms with E-state index in [0.717, 1.165) is 22.4 Å². The van der Waals surface area contributed by atoms with E-state index in [1.54, 1.807) is 12.1 Å². The summed E-state index contributed by atoms with van der Waals surface area (Å²) >= 11 is 0. The van der Waals surface area contributed by atoms with Crippen LogP contribution in [0.4, 0.5) is 0 Å². The van der Waals surface area contributed by atoms with Gasteiger partial charge in [0, 0.05) is 6.42 Å². The molecule has 0 heterocycles. The van der Waals surface area contributed by atoms with E-state index in [0.29, 0.717) is 18.6 Å². The highest BCUT2D eigenvalue weighted by Crippen LogP contribution is 2.23. The van der Waals surface area contributed by atoms with Gasteiger partial charge in [-0.25, -0.2) is 0 Å². The first-order valence-electron chi connectivity index (χ1n) is 7.24. The van der Waals surface area contributed by atoms with Crippen molar-refractivity contribution in [1.29, 1.82) is 10.5 Å². The van der Waals surface area contributed by atoms with E-state index in [9.17, 15) is 5.26 Å². The third kappa shape index (κ3) is 3.87. The fraction of sp³-hybridized carbons (Fsp3) is 0.263. The summed E-state index contributed by atoms with van der Waals surface area (Å²) in [4.78, 5) is 0. The fourth-order valence-electron chi connectivity index (χ4n) is 2.28. The zero-order valence-corrected chi connectivity index (χ0v) is 12.8. The Labute approximate surface area is 131 Å². The molecule has 0 fully saturated rings. The molecular weight excluding hydrogens is 272 g/mol. The lowest BCUT2D eigenvalue weighted by Gasteiger charge is -2.13. The number of nitrogens with zero attached hydrogens (tertiary/aromatic N) is 2. The quantitative estimate of drug-likeness (QED) is 0.827. The van der Waals surface area contributed by atoms with Gasteiger partial charge in [0.05, 0.1) is 30.2 Å². The number of hydrogen-bond acceptors (Lipinski definition) is 3. The summed E-state index contributed by atoms with van der Waals surface area (Å²) in [5, 5.41) is 18.3. The van der Waals surface area contributed by atoms with Gasteiger partial charge < -0.3 is 4.74 Å². The van der Waals surface area contributed by atoms with Gasteiger partial charge in [-0.1, -0.05) is 24.3 Å². The van der Waals surface area contributed by atoms with Gasteiger partial charge in [-0.15, -0.1) is 0 Å². The van der Waals surface area contributed by atoms with Crippen LogP contribution in [0.1, 0.15) is 34.6 Å². The molecule has 1 atom stereocenters. The molecule has 2 aromatic carbocycles. The first-order chi connectivity index (χ1) is 10.6. The monoisotopic (exact) mass is 290 g/mol. The van der Waals surface area contributed by atoms with Crippen LogP contribution in [-0.2, 0) is 0 Å². The van der Waals surface area contributed by atoms with E-state index < -0.39 is 0 Å². The van der Waals surface area contributed by atoms with Gasteiger partial charge in [-0.3, -0.25) is 0 Å². The number of aryl methyl sites for hydroxylation is 2. The van der Waals surface area contributed by atoms with E-state index in [-0.39, 0.29) is 5.92 Å². The van der Waals surface area contributed by atoms with Crippen LogP contribution in [0.15, 0.2) is 42.5 Å². The lowest BCUT2D eigenvalue weighted by Crippen LogP contribution is -2.05. The number of hydrogen-bond donors (Lipinski definition) is 0. The van der Waals surface area contributed by atoms with Crippen molar-refractivity contribution in [1.82, 2.24) is 0 Å². The van der Waals surface area contributed by atoms with Crippen LogP contribution >= 0.6 is 0 Å². The normalized spacial score (nSPS) is 11.3. The largest absolute Gasteiger partial charge is 0.493 e. The molecule has 3 heteroatoms. The average molecular weight is 290 g/mol. The minimum absolute atomic E-state index is 0.265. The fourth-order valence-corrected chi connectivity index (χ4v) is 2.28. The van der Waals surface area contributed by atoms with Crippen LogP contribution < -0.4 is 4.74 Å². The third-order valence-corrected chi connectivity index (χ3v) is 3.58. The maximum Gasteiger partial charge on any atom is 0.122 e. The minimum Gasteiger partial charge on any atom is -0.493 e. The summed E-state index contributed by atoms with van der Waals surface area (Å²) in [6.45, 7) is 4.50. The second kappa shape index (κ2) is 7.29. The van der Waals surface area contributed by atoms with Crippen molar-refractivity contribution in [2.75, 3.05) is 6.61 Å². The molecule has 0 aliphatic rings. The molecule has 22 heavy (non-hydrogen) atoms. The molecule has 0 aliphatic carbocycles. The summed E-state index contributed by atoms with van der Waals surface area (Å²) < 4.78 is 5.81. The van der Waals surface area contributed by atoms with Crippen LogP contribution in [0.5, 0.6) is 5.75 Å². The van der Waals surface area contributed by atoms with Crippen molar-refractivity contribution in [2.24, 2.45) is 0 Å². The van der Waals surface area contributed by atoms with Crippen LogP contribution in [0.25, 0.3) is 0 Å². The zero-order valence-electron chi connectivity index (χ0n) is 12.8. The van der Waals surface area contributed by atoms with Gasteiger partial charge in [0.2, 0.25) is 0 Å². The molecule has 0 N–H and O–H groups in total. The van der Waals surface area contributed by atoms with Gasteiger partial charge in [-0.2, -0.15) is 10.5 Å². The number of benzene rings is 2. The SMILES string of the molecule is Cc1ccc(C)c(OCCC(C#N)c2cccc(C#N)c2)c1. The Balaban J connectivity index is 2.01. The van der Waals surface area contributed by atoms with E-state index in [1.807, 2.05) is 44.2 Å². The van der Waals surface area contributed by atoms with Crippen LogP contribution in [0, 0.1) is 36.5 Å². The highest BCUT2D eigenvalue weighted by molar-refractivity contribution is 5.37. The Morgan fingerprint density at radius 2 is 1.91 bits per heavy atom. The van der Waals surface area contributed by atoms with Crippen LogP contribution in [0.3, 0.4) is 0 Å². The summed E-state index contributed by atoms with van der Waals surface area (Å²) in [5.74, 6) is 0.598. The summed E-state index contributed by atoms with van der Waals surface area (Å²) in [6, 6.07) is 17.7. The van der Waals surface area contributed by atoms with E-state index >= 15 is 0 Å². The van der Waals surface area contributed by atoms with Gasteiger partial charge >= 0.3 is 0 Å². The number of rotatable bonds is 5. The summed E-state index contributed by atoms with van der Waals surface area (Å²) in [5.41, 5.74) is 3.68. The van der Waals surface area contributed by atoms with Crippen molar-refractivity contribution in [3.8, 4) is 17.9 Å². The van der Waals surface area contributed by atoms with E-state index in [2.05, 4.69) is 12.1 Å². The molecule has 3 nitrogen and oxygen atoms in total. The van der Waals surface area contributed by atoms with Gasteiger partial charge in [0.25, 0.3) is 0 Å². The second-order valence-electron chi connectivity index (χ2n) is 5.33. The predicted octanol–water partition coefficient (Wildman–Crippen LogP) is 4.25. The maximum atomic E-state index is 9.35. The molecular formula is C19H18N2O. The molecule has 0 saturated carbocycles. The molecule has 0 bridgehead atoms. The van der Waals surface area contributed by atoms with Crippen molar-refractivity contribution in [3.05, 3.63) is 64.7 Å². The Morgan fingerprint density at radius 1 is 1.09 bits per heavy atom. The Morgan fingerprint density at radius 3 is 2.64 bits per heavy atom. The topological polar surface area (TPSA) is 56.8 Å². The average Bonchev–Trinajstić information content (AvgIpc) is 2.54. The van der Waals surface area contributed by atoms with Gasteiger partial charge in [-0.05, 0) is 48.7 Å². The lowest BCUT2D eigenvalue weighted by molar-refractivity contribution is 0.304. The van der Waals surface area contributed by atoms with Crippen LogP contribution in [0.2, 0.25) is 0 Å². The zero-order chi connectivity index (χ0) is 15.9. The molecule has 1 unspecified atom stereocenters. The Kier molecular flexibility index (Phi) is 5.17. The molecule has 0 spiro atoms. The standard InChI is InChI=1S/C19H18N2O/c1-14-6-7-15(2)19(10-14)22-9-8-18(13-21)17-5-3-4-16(11-17)12-20/h3-7,10-11,18H,8-9H2,1-2H3. The highest BCUT2D eigenvalue weighted by Gasteiger charge is 2.12. The lowest BCUT2D eigenvalue weighted by atomic mass is 9.96. The molecule has 2 rings (SSSR count). The van der Waals surface area contributed by atoms with Crippen molar-refractivity contribution in [2.45, 2.75) is 26.2 Å². The molecule has 2 aromatic rings. The van der Waals surface area contributed by atoms with E-state index in [4.69, 9.17) is 10.00 Å². The molecule has 0 amide bonds. The first-order valence-corrected chi connectivity index (χ1v) is 7.24. The van der Waals surface area contributed by atoms with Gasteiger partial charge in [0.1, 0.15) is 5.75 Å². The molecule has 0 radical (unpaired) electrons. The molecule has 0 aromatic heterocycles. The first kappa shape index (κ1) is 15.6. The summed E-state index contributed by atoms with van der Waals surface area (Å²) in [7, 11) is 0. The Bertz CT molecular complexity index is 738. The number of ether oxygens (including phenoxy) is 1. The molecule has 0 saturated heterocycles. The molecule has 0 aliphatic heterocycles. The smallest absolute Gasteiger partial charge is 0.122 e. The highest BCUT2D eigenvalue weighted by atomic mass is 16.5. The minimum atomic E-state index is -0.265. The van der Waals surface area contributed by atoms with Crippen molar-refractivity contribution < 1.29 is 4.74 Å². The predicted molar refractivity (Wildman–Crippen MR) is 85.5 cm³/mol. The summed E-state index contributed by atoms with van der Waals surface area (Å²) in [6.07, 6.45) is 0.596. The third-order valence-electron chi connectivity index (χ3n) is 3.58. The van der Waals surface area contributed by atoms with Gasteiger partial charge in [0.15, 0.2) is 0 Å².